The second kappa shape index (κ2) is 49.0. The van der Waals surface area contributed by atoms with Crippen molar-refractivity contribution < 1.29 is 69.0 Å². The van der Waals surface area contributed by atoms with Gasteiger partial charge in [0.1, 0.15) is 54.9 Å². The fourth-order valence-corrected chi connectivity index (χ4v) is 9.05. The molecule has 77 heavy (non-hydrogen) atoms. The van der Waals surface area contributed by atoms with Gasteiger partial charge in [0.15, 0.2) is 12.6 Å². The molecular weight excluding hydrogens is 981 g/mol. The predicted octanol–water partition coefficient (Wildman–Crippen LogP) is 11.2. The molecule has 11 unspecified atom stereocenters. The molecule has 2 saturated heterocycles. The lowest BCUT2D eigenvalue weighted by molar-refractivity contribution is -0.332. The van der Waals surface area contributed by atoms with Crippen molar-refractivity contribution >= 4 is 5.97 Å². The number of ether oxygens (including phenoxy) is 6. The van der Waals surface area contributed by atoms with Crippen molar-refractivity contribution in [1.29, 1.82) is 0 Å². The van der Waals surface area contributed by atoms with E-state index in [-0.39, 0.29) is 25.6 Å². The van der Waals surface area contributed by atoms with Gasteiger partial charge in [-0.25, -0.2) is 0 Å². The summed E-state index contributed by atoms with van der Waals surface area (Å²) in [6.45, 7) is 3.53. The van der Waals surface area contributed by atoms with E-state index in [1.165, 1.54) is 89.9 Å². The van der Waals surface area contributed by atoms with Crippen LogP contribution in [0.1, 0.15) is 206 Å². The highest BCUT2D eigenvalue weighted by Gasteiger charge is 2.47. The van der Waals surface area contributed by atoms with Crippen LogP contribution >= 0.6 is 0 Å². The van der Waals surface area contributed by atoms with E-state index in [2.05, 4.69) is 98.9 Å². The Hall–Kier alpha value is -2.83. The molecule has 2 heterocycles. The molecule has 444 valence electrons. The highest BCUT2D eigenvalue weighted by molar-refractivity contribution is 5.69. The number of carbonyl (C=O) groups excluding carboxylic acids is 1. The molecule has 0 aliphatic carbocycles. The van der Waals surface area contributed by atoms with Gasteiger partial charge in [0.25, 0.3) is 0 Å². The first-order valence-corrected chi connectivity index (χ1v) is 30.2. The van der Waals surface area contributed by atoms with Gasteiger partial charge in [-0.1, -0.05) is 195 Å². The minimum atomic E-state index is -1.71. The van der Waals surface area contributed by atoms with Crippen LogP contribution < -0.4 is 0 Å². The Bertz CT molecular complexity index is 1590. The summed E-state index contributed by atoms with van der Waals surface area (Å²) >= 11 is 0. The Morgan fingerprint density at radius 3 is 1.32 bits per heavy atom. The third-order valence-corrected chi connectivity index (χ3v) is 13.9. The number of rotatable bonds is 48. The molecule has 2 fully saturated rings. The molecule has 0 amide bonds. The van der Waals surface area contributed by atoms with Crippen LogP contribution in [0, 0.1) is 0 Å². The summed E-state index contributed by atoms with van der Waals surface area (Å²) in [5.41, 5.74) is 0. The number of aliphatic hydroxyl groups is 7. The Balaban J connectivity index is 1.71. The van der Waals surface area contributed by atoms with Gasteiger partial charge in [-0.15, -0.1) is 0 Å². The molecule has 0 aromatic carbocycles. The van der Waals surface area contributed by atoms with E-state index < -0.39 is 80.7 Å². The van der Waals surface area contributed by atoms with Crippen molar-refractivity contribution in [3.05, 3.63) is 85.1 Å². The lowest BCUT2D eigenvalue weighted by Gasteiger charge is -2.42. The zero-order valence-corrected chi connectivity index (χ0v) is 47.7. The highest BCUT2D eigenvalue weighted by atomic mass is 16.7. The number of hydrogen-bond donors (Lipinski definition) is 7. The molecule has 0 bridgehead atoms. The second-order valence-electron chi connectivity index (χ2n) is 20.8. The predicted molar refractivity (Wildman–Crippen MR) is 307 cm³/mol. The summed E-state index contributed by atoms with van der Waals surface area (Å²) < 4.78 is 34.4. The molecule has 0 saturated carbocycles. The van der Waals surface area contributed by atoms with Crippen molar-refractivity contribution in [1.82, 2.24) is 0 Å². The summed E-state index contributed by atoms with van der Waals surface area (Å²) in [5.74, 6) is -0.390. The number of carbonyl (C=O) groups is 1. The molecule has 0 aromatic heterocycles. The van der Waals surface area contributed by atoms with E-state index in [1.54, 1.807) is 0 Å². The average Bonchev–Trinajstić information content (AvgIpc) is 3.43. The van der Waals surface area contributed by atoms with Crippen molar-refractivity contribution in [3.63, 3.8) is 0 Å². The molecule has 2 aliphatic rings. The summed E-state index contributed by atoms with van der Waals surface area (Å²) in [7, 11) is 0. The summed E-state index contributed by atoms with van der Waals surface area (Å²) in [6.07, 6.45) is 47.7. The minimum absolute atomic E-state index is 0.0506. The quantitative estimate of drug-likeness (QED) is 0.0172. The lowest BCUT2D eigenvalue weighted by atomic mass is 9.98. The molecule has 2 aliphatic heterocycles. The molecule has 11 atom stereocenters. The fourth-order valence-electron chi connectivity index (χ4n) is 9.05. The first kappa shape index (κ1) is 70.3. The largest absolute Gasteiger partial charge is 0.457 e. The van der Waals surface area contributed by atoms with Crippen LogP contribution in [0.3, 0.4) is 0 Å². The van der Waals surface area contributed by atoms with Crippen LogP contribution in [-0.4, -0.2) is 142 Å². The van der Waals surface area contributed by atoms with Gasteiger partial charge >= 0.3 is 5.97 Å². The van der Waals surface area contributed by atoms with Gasteiger partial charge in [0.2, 0.25) is 0 Å². The molecule has 7 N–H and O–H groups in total. The fraction of sp³-hybridized carbons (Fsp3) is 0.762. The topological polar surface area (TPSA) is 214 Å². The van der Waals surface area contributed by atoms with Gasteiger partial charge in [0.05, 0.1) is 26.4 Å². The molecule has 0 radical (unpaired) electrons. The van der Waals surface area contributed by atoms with E-state index in [0.29, 0.717) is 13.0 Å². The lowest BCUT2D eigenvalue weighted by Crippen LogP contribution is -2.61. The van der Waals surface area contributed by atoms with E-state index in [1.807, 2.05) is 0 Å². The molecule has 0 spiro atoms. The van der Waals surface area contributed by atoms with E-state index in [0.717, 1.165) is 89.9 Å². The van der Waals surface area contributed by atoms with Gasteiger partial charge in [-0.05, 0) is 89.9 Å². The van der Waals surface area contributed by atoms with Gasteiger partial charge in [-0.3, -0.25) is 4.79 Å². The van der Waals surface area contributed by atoms with Crippen LogP contribution in [0.2, 0.25) is 0 Å². The van der Waals surface area contributed by atoms with E-state index in [4.69, 9.17) is 28.4 Å². The SMILES string of the molecule is CC/C=C\C/C=C\C/C=C\C/C=C\C/C=C\CCCCCCCCCC(=O)OC(COCCCCCCCCCCCC/C=C\C/C=C\CCCCC)COC1OC(COC2OC(CO)C(O)C(O)C2O)C(O)C(O)C1O. The monoisotopic (exact) mass is 1090 g/mol. The maximum absolute atomic E-state index is 13.1. The summed E-state index contributed by atoms with van der Waals surface area (Å²) in [6, 6.07) is 0. The number of esters is 1. The van der Waals surface area contributed by atoms with Gasteiger partial charge < -0.3 is 64.2 Å². The van der Waals surface area contributed by atoms with Crippen LogP contribution in [-0.2, 0) is 33.2 Å². The number of allylic oxidation sites excluding steroid dienone is 14. The third kappa shape index (κ3) is 35.5. The van der Waals surface area contributed by atoms with Gasteiger partial charge in [-0.2, -0.15) is 0 Å². The zero-order valence-electron chi connectivity index (χ0n) is 47.7. The highest BCUT2D eigenvalue weighted by Crippen LogP contribution is 2.27. The van der Waals surface area contributed by atoms with Crippen LogP contribution in [0.4, 0.5) is 0 Å². The Labute approximate surface area is 465 Å². The third-order valence-electron chi connectivity index (χ3n) is 13.9. The Kier molecular flexibility index (Phi) is 44.7. The van der Waals surface area contributed by atoms with Crippen molar-refractivity contribution in [2.45, 2.75) is 274 Å². The maximum Gasteiger partial charge on any atom is 0.306 e. The van der Waals surface area contributed by atoms with Crippen molar-refractivity contribution in [2.24, 2.45) is 0 Å². The molecule has 2 rings (SSSR count). The van der Waals surface area contributed by atoms with Gasteiger partial charge in [0, 0.05) is 13.0 Å². The average molecular weight is 1090 g/mol. The first-order valence-electron chi connectivity index (χ1n) is 30.2. The first-order chi connectivity index (χ1) is 37.6. The smallest absolute Gasteiger partial charge is 0.306 e. The van der Waals surface area contributed by atoms with Crippen molar-refractivity contribution in [3.8, 4) is 0 Å². The standard InChI is InChI=1S/C63H108O14/c1-3-5-7-9-11-13-15-17-19-21-23-25-26-27-28-30-32-34-36-38-40-42-44-46-55(65)75-52(49-72-47-45-43-41-39-37-35-33-31-29-24-22-20-18-16-14-12-10-8-6-4-2)50-73-62-61(71)59(69)57(67)54(77-62)51-74-63-60(70)58(68)56(66)53(48-64)76-63/h5,7,11-14,17-20,23,25,27-28,52-54,56-64,66-71H,3-4,6,8-10,15-16,21-22,24,26,29-51H2,1-2H3/b7-5-,13-11-,14-12-,19-17-,20-18-,25-23-,28-27-. The Morgan fingerprint density at radius 1 is 0.442 bits per heavy atom. The summed E-state index contributed by atoms with van der Waals surface area (Å²) in [5, 5.41) is 72.4. The minimum Gasteiger partial charge on any atom is -0.457 e. The van der Waals surface area contributed by atoms with E-state index in [9.17, 15) is 40.5 Å². The molecule has 14 nitrogen and oxygen atoms in total. The Morgan fingerprint density at radius 2 is 0.844 bits per heavy atom. The van der Waals surface area contributed by atoms with Crippen molar-refractivity contribution in [2.75, 3.05) is 33.0 Å². The summed E-state index contributed by atoms with van der Waals surface area (Å²) in [4.78, 5) is 13.1. The molecule has 0 aromatic rings. The molecule has 14 heteroatoms. The normalized spacial score (nSPS) is 24.9. The van der Waals surface area contributed by atoms with Crippen LogP contribution in [0.25, 0.3) is 0 Å². The zero-order chi connectivity index (χ0) is 55.8. The molecular formula is C63H108O14. The maximum atomic E-state index is 13.1. The second-order valence-corrected chi connectivity index (χ2v) is 20.8. The number of unbranched alkanes of at least 4 members (excludes halogenated alkanes) is 20. The number of aliphatic hydroxyl groups excluding tert-OH is 7. The number of hydrogen-bond acceptors (Lipinski definition) is 14. The van der Waals surface area contributed by atoms with E-state index >= 15 is 0 Å². The van der Waals surface area contributed by atoms with Crippen LogP contribution in [0.15, 0.2) is 85.1 Å². The van der Waals surface area contributed by atoms with Crippen LogP contribution in [0.5, 0.6) is 0 Å².